The van der Waals surface area contributed by atoms with Gasteiger partial charge in [0, 0.05) is 9.92 Å². The minimum Gasteiger partial charge on any atom is -0.393 e. The van der Waals surface area contributed by atoms with Crippen LogP contribution in [0.25, 0.3) is 0 Å². The third-order valence-corrected chi connectivity index (χ3v) is 4.26. The molecule has 0 amide bonds. The van der Waals surface area contributed by atoms with Crippen LogP contribution in [-0.4, -0.2) is 21.4 Å². The maximum Gasteiger partial charge on any atom is 0.232 e. The van der Waals surface area contributed by atoms with Crippen molar-refractivity contribution < 1.29 is 9.63 Å². The maximum absolute atomic E-state index is 9.66. The minimum atomic E-state index is -0.489. The molecule has 1 heterocycles. The zero-order valence-corrected chi connectivity index (χ0v) is 13.0. The van der Waals surface area contributed by atoms with Gasteiger partial charge in [0.2, 0.25) is 5.89 Å². The van der Waals surface area contributed by atoms with Crippen LogP contribution in [0, 0.1) is 0 Å². The molecule has 2 aromatic rings. The van der Waals surface area contributed by atoms with Crippen LogP contribution >= 0.6 is 23.4 Å². The van der Waals surface area contributed by atoms with E-state index in [1.165, 1.54) is 0 Å². The minimum absolute atomic E-state index is 0.100. The smallest absolute Gasteiger partial charge is 0.232 e. The molecule has 0 saturated carbocycles. The fraction of sp³-hybridized carbons (Fsp3) is 0.429. The van der Waals surface area contributed by atoms with Gasteiger partial charge in [0.15, 0.2) is 5.82 Å². The average Bonchev–Trinajstić information content (AvgIpc) is 2.87. The van der Waals surface area contributed by atoms with E-state index in [1.807, 2.05) is 31.2 Å². The summed E-state index contributed by atoms with van der Waals surface area (Å²) in [5.41, 5.74) is 0. The molecule has 1 N–H and O–H groups in total. The van der Waals surface area contributed by atoms with Crippen molar-refractivity contribution in [3.63, 3.8) is 0 Å². The first kappa shape index (κ1) is 15.4. The predicted molar refractivity (Wildman–Crippen MR) is 80.0 cm³/mol. The van der Waals surface area contributed by atoms with Crippen LogP contribution in [-0.2, 0) is 5.75 Å². The van der Waals surface area contributed by atoms with Gasteiger partial charge in [-0.15, -0.1) is 11.8 Å². The Morgan fingerprint density at radius 2 is 2.05 bits per heavy atom. The Morgan fingerprint density at radius 3 is 2.65 bits per heavy atom. The summed E-state index contributed by atoms with van der Waals surface area (Å²) in [6, 6.07) is 7.62. The van der Waals surface area contributed by atoms with Gasteiger partial charge in [-0.05, 0) is 37.6 Å². The number of hydrogen-bond acceptors (Lipinski definition) is 5. The molecule has 2 atom stereocenters. The summed E-state index contributed by atoms with van der Waals surface area (Å²) in [6.07, 6.45) is 0.279. The van der Waals surface area contributed by atoms with Gasteiger partial charge in [0.05, 0.1) is 17.8 Å². The van der Waals surface area contributed by atoms with Crippen molar-refractivity contribution in [2.45, 2.75) is 42.9 Å². The van der Waals surface area contributed by atoms with E-state index in [-0.39, 0.29) is 5.92 Å². The molecule has 6 heteroatoms. The second-order valence-electron chi connectivity index (χ2n) is 4.55. The zero-order valence-electron chi connectivity index (χ0n) is 11.4. The third-order valence-electron chi connectivity index (χ3n) is 3.00. The van der Waals surface area contributed by atoms with Crippen molar-refractivity contribution in [3.05, 3.63) is 41.0 Å². The lowest BCUT2D eigenvalue weighted by atomic mass is 10.0. The molecule has 108 valence electrons. The molecule has 0 aliphatic rings. The molecular weight excluding hydrogens is 296 g/mol. The molecule has 0 radical (unpaired) electrons. The van der Waals surface area contributed by atoms with Crippen LogP contribution < -0.4 is 0 Å². The summed E-state index contributed by atoms with van der Waals surface area (Å²) in [6.45, 7) is 3.73. The molecule has 2 rings (SSSR count). The first-order chi connectivity index (χ1) is 9.60. The first-order valence-corrected chi connectivity index (χ1v) is 7.85. The quantitative estimate of drug-likeness (QED) is 0.820. The molecule has 0 spiro atoms. The van der Waals surface area contributed by atoms with Crippen molar-refractivity contribution in [1.29, 1.82) is 0 Å². The highest BCUT2D eigenvalue weighted by atomic mass is 35.5. The SMILES string of the molecule is CCC(c1nc(CSc2ccc(Cl)cc2)no1)C(C)O. The Balaban J connectivity index is 1.97. The lowest BCUT2D eigenvalue weighted by Crippen LogP contribution is -2.14. The summed E-state index contributed by atoms with van der Waals surface area (Å²) in [4.78, 5) is 5.45. The van der Waals surface area contributed by atoms with Gasteiger partial charge in [-0.25, -0.2) is 0 Å². The summed E-state index contributed by atoms with van der Waals surface area (Å²) < 4.78 is 5.23. The Hall–Kier alpha value is -1.04. The number of halogens is 1. The van der Waals surface area contributed by atoms with Crippen LogP contribution in [0.3, 0.4) is 0 Å². The summed E-state index contributed by atoms with van der Waals surface area (Å²) in [5, 5.41) is 14.3. The molecular formula is C14H17ClN2O2S. The lowest BCUT2D eigenvalue weighted by molar-refractivity contribution is 0.141. The summed E-state index contributed by atoms with van der Waals surface area (Å²) >= 11 is 7.46. The van der Waals surface area contributed by atoms with E-state index in [1.54, 1.807) is 18.7 Å². The number of hydrogen-bond donors (Lipinski definition) is 1. The number of aromatic nitrogens is 2. The monoisotopic (exact) mass is 312 g/mol. The van der Waals surface area contributed by atoms with Crippen molar-refractivity contribution in [1.82, 2.24) is 10.1 Å². The Morgan fingerprint density at radius 1 is 1.35 bits per heavy atom. The number of rotatable bonds is 6. The van der Waals surface area contributed by atoms with Gasteiger partial charge >= 0.3 is 0 Å². The predicted octanol–water partition coefficient (Wildman–Crippen LogP) is 3.89. The highest BCUT2D eigenvalue weighted by Crippen LogP contribution is 2.25. The van der Waals surface area contributed by atoms with E-state index >= 15 is 0 Å². The number of nitrogens with zero attached hydrogens (tertiary/aromatic N) is 2. The number of benzene rings is 1. The topological polar surface area (TPSA) is 59.2 Å². The van der Waals surface area contributed by atoms with E-state index in [0.717, 1.165) is 16.3 Å². The van der Waals surface area contributed by atoms with Crippen LogP contribution in [0.1, 0.15) is 37.9 Å². The van der Waals surface area contributed by atoms with Crippen molar-refractivity contribution in [3.8, 4) is 0 Å². The largest absolute Gasteiger partial charge is 0.393 e. The normalized spacial score (nSPS) is 14.2. The first-order valence-electron chi connectivity index (χ1n) is 6.49. The van der Waals surface area contributed by atoms with E-state index in [0.29, 0.717) is 17.5 Å². The summed E-state index contributed by atoms with van der Waals surface area (Å²) in [7, 11) is 0. The molecule has 20 heavy (non-hydrogen) atoms. The van der Waals surface area contributed by atoms with Crippen LogP contribution in [0.4, 0.5) is 0 Å². The molecule has 0 fully saturated rings. The van der Waals surface area contributed by atoms with E-state index in [9.17, 15) is 5.11 Å². The Bertz CT molecular complexity index is 542. The molecule has 0 bridgehead atoms. The van der Waals surface area contributed by atoms with Gasteiger partial charge in [-0.2, -0.15) is 4.98 Å². The highest BCUT2D eigenvalue weighted by molar-refractivity contribution is 7.98. The molecule has 4 nitrogen and oxygen atoms in total. The van der Waals surface area contributed by atoms with E-state index in [2.05, 4.69) is 10.1 Å². The number of aliphatic hydroxyl groups excluding tert-OH is 1. The maximum atomic E-state index is 9.66. The summed E-state index contributed by atoms with van der Waals surface area (Å²) in [5.74, 6) is 1.67. The average molecular weight is 313 g/mol. The number of thioether (sulfide) groups is 1. The highest BCUT2D eigenvalue weighted by Gasteiger charge is 2.21. The van der Waals surface area contributed by atoms with Gasteiger partial charge in [-0.1, -0.05) is 23.7 Å². The fourth-order valence-corrected chi connectivity index (χ4v) is 2.75. The molecule has 2 unspecified atom stereocenters. The molecule has 1 aromatic carbocycles. The Kier molecular flexibility index (Phi) is 5.46. The van der Waals surface area contributed by atoms with Crippen molar-refractivity contribution in [2.24, 2.45) is 0 Å². The molecule has 0 saturated heterocycles. The van der Waals surface area contributed by atoms with Gasteiger partial charge in [0.25, 0.3) is 0 Å². The van der Waals surface area contributed by atoms with Gasteiger partial charge in [0.1, 0.15) is 0 Å². The fourth-order valence-electron chi connectivity index (χ4n) is 1.88. The second kappa shape index (κ2) is 7.11. The molecule has 1 aromatic heterocycles. The Labute approximate surface area is 127 Å². The van der Waals surface area contributed by atoms with Gasteiger partial charge in [-0.3, -0.25) is 0 Å². The van der Waals surface area contributed by atoms with Crippen LogP contribution in [0.15, 0.2) is 33.7 Å². The van der Waals surface area contributed by atoms with Crippen LogP contribution in [0.5, 0.6) is 0 Å². The third kappa shape index (κ3) is 3.98. The van der Waals surface area contributed by atoms with E-state index in [4.69, 9.17) is 16.1 Å². The second-order valence-corrected chi connectivity index (χ2v) is 6.03. The van der Waals surface area contributed by atoms with Crippen molar-refractivity contribution >= 4 is 23.4 Å². The zero-order chi connectivity index (χ0) is 14.5. The van der Waals surface area contributed by atoms with E-state index < -0.39 is 6.10 Å². The molecule has 0 aliphatic carbocycles. The van der Waals surface area contributed by atoms with Crippen molar-refractivity contribution in [2.75, 3.05) is 0 Å². The van der Waals surface area contributed by atoms with Crippen LogP contribution in [0.2, 0.25) is 5.02 Å². The van der Waals surface area contributed by atoms with Gasteiger partial charge < -0.3 is 9.63 Å². The standard InChI is InChI=1S/C14H17ClN2O2S/c1-3-12(9(2)18)14-16-13(17-19-14)8-20-11-6-4-10(15)5-7-11/h4-7,9,12,18H,3,8H2,1-2H3. The lowest BCUT2D eigenvalue weighted by Gasteiger charge is -2.12. The number of aliphatic hydroxyl groups is 1. The molecule has 0 aliphatic heterocycles.